The average molecular weight is 374 g/mol. The molecule has 1 atom stereocenters. The van der Waals surface area contributed by atoms with Crippen LogP contribution >= 0.6 is 27.5 Å². The van der Waals surface area contributed by atoms with E-state index in [4.69, 9.17) is 16.3 Å². The molecule has 0 bridgehead atoms. The van der Waals surface area contributed by atoms with Crippen LogP contribution in [0.15, 0.2) is 40.9 Å². The number of benzene rings is 2. The van der Waals surface area contributed by atoms with E-state index in [-0.39, 0.29) is 17.0 Å². The molecule has 0 spiro atoms. The van der Waals surface area contributed by atoms with Gasteiger partial charge in [0.05, 0.1) is 17.7 Å². The normalized spacial score (nSPS) is 13.8. The maximum absolute atomic E-state index is 14.2. The van der Waals surface area contributed by atoms with E-state index in [9.17, 15) is 9.50 Å². The van der Waals surface area contributed by atoms with Gasteiger partial charge in [-0.05, 0) is 46.6 Å². The Bertz CT molecular complexity index is 641. The molecule has 0 aromatic heterocycles. The molecule has 21 heavy (non-hydrogen) atoms. The Morgan fingerprint density at radius 1 is 1.24 bits per heavy atom. The molecule has 1 unspecified atom stereocenters. The molecular formula is C16H15BrClFO2. The number of aliphatic hydroxyl groups is 1. The highest BCUT2D eigenvalue weighted by Crippen LogP contribution is 2.34. The van der Waals surface area contributed by atoms with E-state index in [2.05, 4.69) is 15.9 Å². The molecule has 0 saturated carbocycles. The molecule has 0 saturated heterocycles. The van der Waals surface area contributed by atoms with Crippen molar-refractivity contribution >= 4 is 27.5 Å². The lowest BCUT2D eigenvalue weighted by molar-refractivity contribution is 0.0538. The lowest BCUT2D eigenvalue weighted by Gasteiger charge is -2.25. The van der Waals surface area contributed by atoms with Gasteiger partial charge in [0.25, 0.3) is 0 Å². The Morgan fingerprint density at radius 3 is 2.43 bits per heavy atom. The van der Waals surface area contributed by atoms with Crippen LogP contribution in [0.1, 0.15) is 18.1 Å². The minimum atomic E-state index is -1.36. The molecule has 2 aromatic rings. The monoisotopic (exact) mass is 372 g/mol. The molecule has 0 aliphatic carbocycles. The van der Waals surface area contributed by atoms with Gasteiger partial charge in [0.1, 0.15) is 11.6 Å². The third-order valence-corrected chi connectivity index (χ3v) is 4.58. The Kier molecular flexibility index (Phi) is 4.91. The number of hydrogen-bond donors (Lipinski definition) is 1. The molecule has 0 fully saturated rings. The predicted molar refractivity (Wildman–Crippen MR) is 85.4 cm³/mol. The van der Waals surface area contributed by atoms with Crippen molar-refractivity contribution in [3.8, 4) is 5.75 Å². The van der Waals surface area contributed by atoms with E-state index in [1.165, 1.54) is 6.07 Å². The molecule has 0 heterocycles. The minimum absolute atomic E-state index is 0.0255. The second-order valence-corrected chi connectivity index (χ2v) is 6.25. The van der Waals surface area contributed by atoms with Crippen molar-refractivity contribution in [1.82, 2.24) is 0 Å². The summed E-state index contributed by atoms with van der Waals surface area (Å²) < 4.78 is 19.8. The lowest BCUT2D eigenvalue weighted by Crippen LogP contribution is -2.26. The fraction of sp³-hybridized carbons (Fsp3) is 0.250. The van der Waals surface area contributed by atoms with E-state index < -0.39 is 11.4 Å². The minimum Gasteiger partial charge on any atom is -0.497 e. The second kappa shape index (κ2) is 6.34. The van der Waals surface area contributed by atoms with Crippen molar-refractivity contribution in [2.75, 3.05) is 7.11 Å². The van der Waals surface area contributed by atoms with Crippen molar-refractivity contribution in [3.05, 3.63) is 62.8 Å². The molecule has 1 N–H and O–H groups in total. The van der Waals surface area contributed by atoms with Crippen LogP contribution < -0.4 is 4.74 Å². The Labute approximate surface area is 136 Å². The smallest absolute Gasteiger partial charge is 0.149 e. The van der Waals surface area contributed by atoms with Crippen LogP contribution in [0.4, 0.5) is 4.39 Å². The standard InChI is InChI=1S/C16H15BrClFO2/c1-16(20,9-10-3-5-11(21-2)6-4-10)12-7-8-13(17)14(18)15(12)19/h3-8,20H,9H2,1-2H3. The van der Waals surface area contributed by atoms with Gasteiger partial charge in [0.2, 0.25) is 0 Å². The van der Waals surface area contributed by atoms with Gasteiger partial charge in [-0.2, -0.15) is 0 Å². The van der Waals surface area contributed by atoms with Gasteiger partial charge < -0.3 is 9.84 Å². The van der Waals surface area contributed by atoms with Crippen LogP contribution in [0.25, 0.3) is 0 Å². The summed E-state index contributed by atoms with van der Waals surface area (Å²) in [5.74, 6) is 0.126. The maximum atomic E-state index is 14.2. The Morgan fingerprint density at radius 2 is 1.86 bits per heavy atom. The second-order valence-electron chi connectivity index (χ2n) is 5.02. The van der Waals surface area contributed by atoms with Crippen molar-refractivity contribution in [1.29, 1.82) is 0 Å². The van der Waals surface area contributed by atoms with E-state index in [1.807, 2.05) is 12.1 Å². The molecule has 2 rings (SSSR count). The van der Waals surface area contributed by atoms with Crippen LogP contribution in [0.2, 0.25) is 5.02 Å². The molecule has 0 radical (unpaired) electrons. The molecule has 0 aliphatic rings. The summed E-state index contributed by atoms with van der Waals surface area (Å²) in [6, 6.07) is 10.4. The highest BCUT2D eigenvalue weighted by Gasteiger charge is 2.28. The zero-order valence-corrected chi connectivity index (χ0v) is 14.0. The van der Waals surface area contributed by atoms with Gasteiger partial charge in [-0.3, -0.25) is 0 Å². The quantitative estimate of drug-likeness (QED) is 0.787. The molecular weight excluding hydrogens is 359 g/mol. The molecule has 2 aromatic carbocycles. The summed E-state index contributed by atoms with van der Waals surface area (Å²) in [5.41, 5.74) is -0.311. The van der Waals surface area contributed by atoms with Gasteiger partial charge in [0.15, 0.2) is 0 Å². The van der Waals surface area contributed by atoms with Crippen LogP contribution in [-0.4, -0.2) is 12.2 Å². The third kappa shape index (κ3) is 3.57. The number of methoxy groups -OCH3 is 1. The van der Waals surface area contributed by atoms with Crippen LogP contribution in [-0.2, 0) is 12.0 Å². The summed E-state index contributed by atoms with van der Waals surface area (Å²) >= 11 is 9.04. The predicted octanol–water partition coefficient (Wildman–Crippen LogP) is 4.70. The van der Waals surface area contributed by atoms with Gasteiger partial charge >= 0.3 is 0 Å². The molecule has 2 nitrogen and oxygen atoms in total. The van der Waals surface area contributed by atoms with Gasteiger partial charge in [-0.1, -0.05) is 29.8 Å². The van der Waals surface area contributed by atoms with Crippen LogP contribution in [0.5, 0.6) is 5.75 Å². The zero-order valence-electron chi connectivity index (χ0n) is 11.7. The summed E-state index contributed by atoms with van der Waals surface area (Å²) in [6.07, 6.45) is 0.270. The molecule has 0 aliphatic heterocycles. The number of ether oxygens (including phenoxy) is 1. The SMILES string of the molecule is COc1ccc(CC(C)(O)c2ccc(Br)c(Cl)c2F)cc1. The molecule has 0 amide bonds. The van der Waals surface area contributed by atoms with Crippen molar-refractivity contribution in [2.24, 2.45) is 0 Å². The average Bonchev–Trinajstić information content (AvgIpc) is 2.45. The van der Waals surface area contributed by atoms with Crippen LogP contribution in [0.3, 0.4) is 0 Å². The first-order valence-corrected chi connectivity index (χ1v) is 7.51. The Hall–Kier alpha value is -1.10. The highest BCUT2D eigenvalue weighted by atomic mass is 79.9. The zero-order chi connectivity index (χ0) is 15.6. The number of rotatable bonds is 4. The van der Waals surface area contributed by atoms with Crippen molar-refractivity contribution in [2.45, 2.75) is 18.9 Å². The fourth-order valence-corrected chi connectivity index (χ4v) is 2.65. The molecule has 5 heteroatoms. The van der Waals surface area contributed by atoms with E-state index in [0.717, 1.165) is 11.3 Å². The summed E-state index contributed by atoms with van der Waals surface area (Å²) in [4.78, 5) is 0. The van der Waals surface area contributed by atoms with E-state index >= 15 is 0 Å². The first-order valence-electron chi connectivity index (χ1n) is 6.34. The van der Waals surface area contributed by atoms with Crippen molar-refractivity contribution in [3.63, 3.8) is 0 Å². The van der Waals surface area contributed by atoms with Crippen molar-refractivity contribution < 1.29 is 14.2 Å². The molecule has 112 valence electrons. The highest BCUT2D eigenvalue weighted by molar-refractivity contribution is 9.10. The van der Waals surface area contributed by atoms with Gasteiger partial charge in [-0.25, -0.2) is 4.39 Å². The van der Waals surface area contributed by atoms with Gasteiger partial charge in [0, 0.05) is 16.5 Å². The summed E-state index contributed by atoms with van der Waals surface area (Å²) in [6.45, 7) is 1.57. The summed E-state index contributed by atoms with van der Waals surface area (Å²) in [7, 11) is 1.59. The lowest BCUT2D eigenvalue weighted by atomic mass is 9.88. The van der Waals surface area contributed by atoms with E-state index in [0.29, 0.717) is 4.47 Å². The summed E-state index contributed by atoms with van der Waals surface area (Å²) in [5, 5.41) is 10.6. The first kappa shape index (κ1) is 16.3. The third-order valence-electron chi connectivity index (χ3n) is 3.32. The fourth-order valence-electron chi connectivity index (χ4n) is 2.18. The topological polar surface area (TPSA) is 29.5 Å². The number of halogens is 3. The first-order chi connectivity index (χ1) is 9.85. The van der Waals surface area contributed by atoms with Gasteiger partial charge in [-0.15, -0.1) is 0 Å². The largest absolute Gasteiger partial charge is 0.497 e. The number of hydrogen-bond acceptors (Lipinski definition) is 2. The van der Waals surface area contributed by atoms with E-state index in [1.54, 1.807) is 32.2 Å². The van der Waals surface area contributed by atoms with Crippen LogP contribution in [0, 0.1) is 5.82 Å². The maximum Gasteiger partial charge on any atom is 0.149 e. The Balaban J connectivity index is 2.31.